The summed E-state index contributed by atoms with van der Waals surface area (Å²) in [5.74, 6) is 0.618. The fourth-order valence-corrected chi connectivity index (χ4v) is 13.6. The van der Waals surface area contributed by atoms with Gasteiger partial charge in [-0.15, -0.1) is 0 Å². The maximum Gasteiger partial charge on any atom is 0.160 e. The molecular formula is C76H43N5O3. The molecular weight excluding hydrogens is 1030 g/mol. The average Bonchev–Trinajstić information content (AvgIpc) is 3.99. The molecule has 7 aromatic heterocycles. The number of para-hydroxylation sites is 6. The van der Waals surface area contributed by atoms with Crippen LogP contribution in [0, 0.1) is 0 Å². The Hall–Kier alpha value is -11.5. The summed E-state index contributed by atoms with van der Waals surface area (Å²) in [4.78, 5) is 10.9. The Morgan fingerprint density at radius 3 is 0.976 bits per heavy atom. The largest absolute Gasteiger partial charge is 0.456 e. The van der Waals surface area contributed by atoms with Gasteiger partial charge in [0.15, 0.2) is 5.82 Å². The SMILES string of the molecule is c1cc(-c2nc(-c3ccc(-n4c5ccccc5c5cc6c(cc54)oc4ccccc46)cc3)cc(-c3ccc(-n4c5ccccc5c5cc6c(cc54)oc4ccccc46)cc3)n2)cc(-n2c3ccccc3c3cc4c(cc32)oc2ccccc24)c1. The van der Waals surface area contributed by atoms with Crippen molar-refractivity contribution in [3.05, 3.63) is 261 Å². The normalized spacial score (nSPS) is 12.3. The van der Waals surface area contributed by atoms with Gasteiger partial charge in [-0.3, -0.25) is 0 Å². The Balaban J connectivity index is 0.770. The van der Waals surface area contributed by atoms with Crippen molar-refractivity contribution >= 4 is 131 Å². The second kappa shape index (κ2) is 17.0. The highest BCUT2D eigenvalue weighted by Crippen LogP contribution is 2.43. The van der Waals surface area contributed by atoms with Crippen molar-refractivity contribution in [2.75, 3.05) is 0 Å². The van der Waals surface area contributed by atoms with Gasteiger partial charge in [-0.2, -0.15) is 0 Å². The summed E-state index contributed by atoms with van der Waals surface area (Å²) in [5, 5.41) is 13.7. The van der Waals surface area contributed by atoms with E-state index in [0.29, 0.717) is 5.82 Å². The Kier molecular flexibility index (Phi) is 9.18. The molecule has 0 amide bonds. The van der Waals surface area contributed by atoms with E-state index in [0.717, 1.165) is 149 Å². The van der Waals surface area contributed by atoms with E-state index in [1.165, 1.54) is 26.9 Å². The molecule has 19 aromatic rings. The molecule has 8 nitrogen and oxygen atoms in total. The second-order valence-corrected chi connectivity index (χ2v) is 22.1. The van der Waals surface area contributed by atoms with Crippen LogP contribution in [0.2, 0.25) is 0 Å². The van der Waals surface area contributed by atoms with Gasteiger partial charge >= 0.3 is 0 Å². The van der Waals surface area contributed by atoms with Crippen LogP contribution < -0.4 is 0 Å². The van der Waals surface area contributed by atoms with E-state index in [-0.39, 0.29) is 0 Å². The van der Waals surface area contributed by atoms with Crippen LogP contribution >= 0.6 is 0 Å². The fourth-order valence-electron chi connectivity index (χ4n) is 13.6. The number of benzene rings is 12. The third-order valence-electron chi connectivity index (χ3n) is 17.4. The molecule has 0 atom stereocenters. The van der Waals surface area contributed by atoms with Crippen LogP contribution in [0.1, 0.15) is 0 Å². The molecule has 0 unspecified atom stereocenters. The fraction of sp³-hybridized carbons (Fsp3) is 0. The lowest BCUT2D eigenvalue weighted by Gasteiger charge is -2.13. The first-order valence-corrected chi connectivity index (χ1v) is 28.4. The van der Waals surface area contributed by atoms with E-state index < -0.39 is 0 Å². The Bertz CT molecular complexity index is 5740. The lowest BCUT2D eigenvalue weighted by atomic mass is 10.1. The van der Waals surface area contributed by atoms with E-state index in [2.05, 4.69) is 238 Å². The summed E-state index contributed by atoms with van der Waals surface area (Å²) in [6.45, 7) is 0. The molecule has 0 saturated carbocycles. The highest BCUT2D eigenvalue weighted by Gasteiger charge is 2.22. The zero-order valence-electron chi connectivity index (χ0n) is 44.8. The molecule has 12 aromatic carbocycles. The van der Waals surface area contributed by atoms with Crippen LogP contribution in [0.25, 0.3) is 182 Å². The van der Waals surface area contributed by atoms with Gasteiger partial charge in [0.25, 0.3) is 0 Å². The van der Waals surface area contributed by atoms with Crippen molar-refractivity contribution < 1.29 is 13.3 Å². The molecule has 0 saturated heterocycles. The molecule has 7 heterocycles. The topological polar surface area (TPSA) is 80.0 Å². The number of fused-ring (bicyclic) bond motifs is 18. The zero-order chi connectivity index (χ0) is 54.7. The van der Waals surface area contributed by atoms with Crippen molar-refractivity contribution in [1.82, 2.24) is 23.7 Å². The minimum absolute atomic E-state index is 0.618. The van der Waals surface area contributed by atoms with Crippen LogP contribution in [0.3, 0.4) is 0 Å². The Morgan fingerprint density at radius 2 is 0.571 bits per heavy atom. The maximum absolute atomic E-state index is 6.49. The van der Waals surface area contributed by atoms with Gasteiger partial charge in [0.2, 0.25) is 0 Å². The molecule has 0 aliphatic heterocycles. The van der Waals surface area contributed by atoms with E-state index in [4.69, 9.17) is 23.2 Å². The summed E-state index contributed by atoms with van der Waals surface area (Å²) in [6.07, 6.45) is 0. The molecule has 0 aliphatic carbocycles. The lowest BCUT2D eigenvalue weighted by molar-refractivity contribution is 0.669. The van der Waals surface area contributed by atoms with Gasteiger partial charge in [0.1, 0.15) is 33.5 Å². The zero-order valence-corrected chi connectivity index (χ0v) is 44.8. The first-order chi connectivity index (χ1) is 41.6. The molecule has 0 bridgehead atoms. The van der Waals surface area contributed by atoms with Crippen molar-refractivity contribution in [3.8, 4) is 51.0 Å². The summed E-state index contributed by atoms with van der Waals surface area (Å²) < 4.78 is 26.4. The number of aromatic nitrogens is 5. The van der Waals surface area contributed by atoms with Crippen molar-refractivity contribution in [2.24, 2.45) is 0 Å². The molecule has 19 rings (SSSR count). The van der Waals surface area contributed by atoms with Crippen molar-refractivity contribution in [1.29, 1.82) is 0 Å². The molecule has 8 heteroatoms. The molecule has 0 radical (unpaired) electrons. The van der Waals surface area contributed by atoms with Gasteiger partial charge in [0.05, 0.1) is 44.5 Å². The molecule has 84 heavy (non-hydrogen) atoms. The van der Waals surface area contributed by atoms with Gasteiger partial charge in [0, 0.05) is 117 Å². The van der Waals surface area contributed by atoms with Crippen LogP contribution in [-0.2, 0) is 0 Å². The average molecular weight is 1070 g/mol. The minimum Gasteiger partial charge on any atom is -0.456 e. The van der Waals surface area contributed by atoms with Crippen molar-refractivity contribution in [2.45, 2.75) is 0 Å². The minimum atomic E-state index is 0.618. The van der Waals surface area contributed by atoms with E-state index in [1.807, 2.05) is 36.4 Å². The number of rotatable bonds is 6. The summed E-state index contributed by atoms with van der Waals surface area (Å²) in [6, 6.07) is 92.5. The molecule has 0 aliphatic rings. The van der Waals surface area contributed by atoms with E-state index >= 15 is 0 Å². The van der Waals surface area contributed by atoms with Crippen LogP contribution in [0.15, 0.2) is 274 Å². The lowest BCUT2D eigenvalue weighted by Crippen LogP contribution is -1.99. The van der Waals surface area contributed by atoms with Crippen LogP contribution in [0.4, 0.5) is 0 Å². The number of furan rings is 3. The van der Waals surface area contributed by atoms with Gasteiger partial charge in [-0.1, -0.05) is 146 Å². The smallest absolute Gasteiger partial charge is 0.160 e. The monoisotopic (exact) mass is 1070 g/mol. The second-order valence-electron chi connectivity index (χ2n) is 22.1. The highest BCUT2D eigenvalue weighted by atomic mass is 16.3. The first-order valence-electron chi connectivity index (χ1n) is 28.4. The molecule has 0 fully saturated rings. The van der Waals surface area contributed by atoms with E-state index in [9.17, 15) is 0 Å². The van der Waals surface area contributed by atoms with Gasteiger partial charge in [-0.05, 0) is 97.1 Å². The predicted octanol–water partition coefficient (Wildman–Crippen LogP) is 20.5. The van der Waals surface area contributed by atoms with Gasteiger partial charge in [-0.25, -0.2) is 9.97 Å². The predicted molar refractivity (Wildman–Crippen MR) is 343 cm³/mol. The maximum atomic E-state index is 6.49. The summed E-state index contributed by atoms with van der Waals surface area (Å²) in [5.41, 5.74) is 19.3. The Labute approximate surface area is 477 Å². The van der Waals surface area contributed by atoms with Crippen molar-refractivity contribution in [3.63, 3.8) is 0 Å². The Morgan fingerprint density at radius 1 is 0.214 bits per heavy atom. The highest BCUT2D eigenvalue weighted by molar-refractivity contribution is 6.20. The number of hydrogen-bond donors (Lipinski definition) is 0. The van der Waals surface area contributed by atoms with Crippen LogP contribution in [-0.4, -0.2) is 23.7 Å². The standard InChI is InChI=1S/C76H43N5O3/c1-7-22-64-50(16-1)56-37-59-53-19-4-10-25-70(53)82-73(59)41-67(56)79(64)47-32-28-44(29-33-47)62-40-63(45-30-34-48(35-31-45)80-65-23-8-2-17-51(65)57-38-60-54-20-5-11-26-71(54)83-74(60)42-68(57)80)78-76(77-62)46-14-13-15-49(36-46)81-66-24-9-3-18-52(66)58-39-61-55-21-6-12-27-72(55)84-75(61)43-69(58)81/h1-43H. The molecule has 390 valence electrons. The molecule has 0 spiro atoms. The van der Waals surface area contributed by atoms with Gasteiger partial charge < -0.3 is 27.0 Å². The van der Waals surface area contributed by atoms with Crippen LogP contribution in [0.5, 0.6) is 0 Å². The third-order valence-corrected chi connectivity index (χ3v) is 17.4. The summed E-state index contributed by atoms with van der Waals surface area (Å²) >= 11 is 0. The number of hydrogen-bond acceptors (Lipinski definition) is 5. The third kappa shape index (κ3) is 6.53. The first kappa shape index (κ1) is 45.3. The summed E-state index contributed by atoms with van der Waals surface area (Å²) in [7, 11) is 0. The number of nitrogens with zero attached hydrogens (tertiary/aromatic N) is 5. The quantitative estimate of drug-likeness (QED) is 0.166. The van der Waals surface area contributed by atoms with E-state index in [1.54, 1.807) is 0 Å². The molecule has 0 N–H and O–H groups in total.